The Bertz CT molecular complexity index is 662. The van der Waals surface area contributed by atoms with Crippen molar-refractivity contribution in [3.8, 4) is 5.75 Å². The first kappa shape index (κ1) is 19.6. The number of nitrogens with zero attached hydrogens (tertiary/aromatic N) is 1. The van der Waals surface area contributed by atoms with Gasteiger partial charge in [0, 0.05) is 12.2 Å². The molecule has 0 unspecified atom stereocenters. The predicted octanol–water partition coefficient (Wildman–Crippen LogP) is 2.78. The highest BCUT2D eigenvalue weighted by Crippen LogP contribution is 2.19. The smallest absolute Gasteiger partial charge is 0.312 e. The second kappa shape index (κ2) is 10.3. The number of hydrogen-bond donors (Lipinski definition) is 2. The van der Waals surface area contributed by atoms with E-state index < -0.39 is 6.03 Å². The number of anilines is 1. The molecule has 0 saturated carbocycles. The Balaban J connectivity index is 1.90. The van der Waals surface area contributed by atoms with Crippen molar-refractivity contribution in [2.45, 2.75) is 19.4 Å². The Hall–Kier alpha value is -2.73. The van der Waals surface area contributed by atoms with Crippen LogP contribution in [0.15, 0.2) is 54.6 Å². The maximum Gasteiger partial charge on any atom is 0.312 e. The number of nitrogens with two attached hydrogens (primary N) is 1. The molecule has 0 aliphatic heterocycles. The summed E-state index contributed by atoms with van der Waals surface area (Å²) in [5, 5.41) is 2.75. The van der Waals surface area contributed by atoms with Gasteiger partial charge >= 0.3 is 6.03 Å². The van der Waals surface area contributed by atoms with Gasteiger partial charge in [0.2, 0.25) is 0 Å². The number of carbonyl (C=O) groups excluding carboxylic acids is 1. The van der Waals surface area contributed by atoms with Gasteiger partial charge in [-0.3, -0.25) is 0 Å². The molecule has 2 amide bonds. The molecule has 0 aliphatic rings. The molecule has 1 atom stereocenters. The molecule has 0 heterocycles. The Morgan fingerprint density at radius 2 is 1.85 bits per heavy atom. The average molecular weight is 357 g/mol. The normalized spacial score (nSPS) is 11.6. The second-order valence-electron chi connectivity index (χ2n) is 5.95. The second-order valence-corrected chi connectivity index (χ2v) is 5.95. The molecule has 0 aliphatic carbocycles. The highest BCUT2D eigenvalue weighted by atomic mass is 16.5. The maximum absolute atomic E-state index is 11.3. The summed E-state index contributed by atoms with van der Waals surface area (Å²) >= 11 is 0. The van der Waals surface area contributed by atoms with Gasteiger partial charge in [-0.25, -0.2) is 4.79 Å². The average Bonchev–Trinajstić information content (AvgIpc) is 2.65. The number of ether oxygens (including phenoxy) is 2. The number of nitrogens with one attached hydrogen (secondary N) is 1. The van der Waals surface area contributed by atoms with Gasteiger partial charge in [0.05, 0.1) is 19.8 Å². The van der Waals surface area contributed by atoms with Crippen LogP contribution in [0.25, 0.3) is 0 Å². The van der Waals surface area contributed by atoms with Crippen molar-refractivity contribution in [1.29, 1.82) is 0 Å². The van der Waals surface area contributed by atoms with E-state index in [0.717, 1.165) is 23.5 Å². The Morgan fingerprint density at radius 3 is 2.42 bits per heavy atom. The molecular weight excluding hydrogens is 330 g/mol. The first-order valence-electron chi connectivity index (χ1n) is 8.69. The van der Waals surface area contributed by atoms with Crippen LogP contribution in [-0.2, 0) is 11.2 Å². The molecule has 0 spiro atoms. The van der Waals surface area contributed by atoms with Crippen LogP contribution < -0.4 is 20.7 Å². The summed E-state index contributed by atoms with van der Waals surface area (Å²) in [7, 11) is 1.65. The minimum Gasteiger partial charge on any atom is -0.497 e. The first-order chi connectivity index (χ1) is 12.6. The van der Waals surface area contributed by atoms with Crippen LogP contribution in [0.3, 0.4) is 0 Å². The number of amides is 2. The summed E-state index contributed by atoms with van der Waals surface area (Å²) < 4.78 is 11.0. The third kappa shape index (κ3) is 6.29. The highest BCUT2D eigenvalue weighted by molar-refractivity contribution is 5.72. The fourth-order valence-corrected chi connectivity index (χ4v) is 2.70. The quantitative estimate of drug-likeness (QED) is 0.641. The van der Waals surface area contributed by atoms with E-state index in [-0.39, 0.29) is 6.04 Å². The molecule has 0 saturated heterocycles. The molecule has 3 N–H and O–H groups in total. The third-order valence-corrected chi connectivity index (χ3v) is 4.06. The zero-order valence-corrected chi connectivity index (χ0v) is 15.4. The van der Waals surface area contributed by atoms with Gasteiger partial charge in [0.25, 0.3) is 0 Å². The van der Waals surface area contributed by atoms with Crippen molar-refractivity contribution >= 4 is 11.7 Å². The van der Waals surface area contributed by atoms with Gasteiger partial charge in [-0.1, -0.05) is 30.3 Å². The number of carbonyl (C=O) groups is 1. The van der Waals surface area contributed by atoms with Crippen molar-refractivity contribution in [2.24, 2.45) is 5.73 Å². The predicted molar refractivity (Wildman–Crippen MR) is 103 cm³/mol. The van der Waals surface area contributed by atoms with Crippen molar-refractivity contribution in [2.75, 3.05) is 31.9 Å². The molecule has 2 aromatic rings. The lowest BCUT2D eigenvalue weighted by molar-refractivity contribution is 0.114. The third-order valence-electron chi connectivity index (χ3n) is 4.06. The number of urea groups is 1. The van der Waals surface area contributed by atoms with Crippen molar-refractivity contribution < 1.29 is 14.3 Å². The molecule has 0 fully saturated rings. The molecule has 6 heteroatoms. The van der Waals surface area contributed by atoms with Crippen molar-refractivity contribution in [3.63, 3.8) is 0 Å². The highest BCUT2D eigenvalue weighted by Gasteiger charge is 2.13. The largest absolute Gasteiger partial charge is 0.497 e. The summed E-state index contributed by atoms with van der Waals surface area (Å²) in [6, 6.07) is 17.1. The molecule has 140 valence electrons. The lowest BCUT2D eigenvalue weighted by Crippen LogP contribution is -2.43. The number of methoxy groups -OCH3 is 1. The number of hydrogen-bond acceptors (Lipinski definition) is 4. The van der Waals surface area contributed by atoms with Gasteiger partial charge in [0.15, 0.2) is 0 Å². The number of primary amides is 1. The SMILES string of the molecule is CCN(COC[C@H](Cc1ccccc1)NC(N)=O)c1ccc(OC)cc1. The van der Waals surface area contributed by atoms with Crippen LogP contribution >= 0.6 is 0 Å². The van der Waals surface area contributed by atoms with E-state index in [1.807, 2.05) is 54.6 Å². The molecule has 2 aromatic carbocycles. The van der Waals surface area contributed by atoms with Gasteiger partial charge in [0.1, 0.15) is 12.5 Å². The van der Waals surface area contributed by atoms with Crippen molar-refractivity contribution in [1.82, 2.24) is 5.32 Å². The Morgan fingerprint density at radius 1 is 1.15 bits per heavy atom. The topological polar surface area (TPSA) is 76.8 Å². The summed E-state index contributed by atoms with van der Waals surface area (Å²) in [5.41, 5.74) is 7.47. The van der Waals surface area contributed by atoms with Crippen LogP contribution in [0.4, 0.5) is 10.5 Å². The lowest BCUT2D eigenvalue weighted by Gasteiger charge is -2.25. The van der Waals surface area contributed by atoms with Gasteiger partial charge in [-0.2, -0.15) is 0 Å². The minimum atomic E-state index is -0.544. The van der Waals surface area contributed by atoms with E-state index in [2.05, 4.69) is 17.1 Å². The monoisotopic (exact) mass is 357 g/mol. The van der Waals surface area contributed by atoms with Crippen molar-refractivity contribution in [3.05, 3.63) is 60.2 Å². The zero-order chi connectivity index (χ0) is 18.8. The van der Waals surface area contributed by atoms with Crippen LogP contribution in [-0.4, -0.2) is 39.1 Å². The molecule has 2 rings (SSSR count). The van der Waals surface area contributed by atoms with Crippen LogP contribution in [0.1, 0.15) is 12.5 Å². The molecule has 0 radical (unpaired) electrons. The van der Waals surface area contributed by atoms with E-state index in [4.69, 9.17) is 15.2 Å². The standard InChI is InChI=1S/C20H27N3O3/c1-3-23(18-9-11-19(25-2)12-10-18)15-26-14-17(22-20(21)24)13-16-7-5-4-6-8-16/h4-12,17H,3,13-15H2,1-2H3,(H3,21,22,24)/t17-/m0/s1. The fraction of sp³-hybridized carbons (Fsp3) is 0.350. The molecule has 0 aromatic heterocycles. The van der Waals surface area contributed by atoms with E-state index in [1.165, 1.54) is 0 Å². The Kier molecular flexibility index (Phi) is 7.76. The summed E-state index contributed by atoms with van der Waals surface area (Å²) in [6.07, 6.45) is 0.665. The fourth-order valence-electron chi connectivity index (χ4n) is 2.70. The van der Waals surface area contributed by atoms with Gasteiger partial charge < -0.3 is 25.4 Å². The molecule has 0 bridgehead atoms. The minimum absolute atomic E-state index is 0.176. The maximum atomic E-state index is 11.3. The van der Waals surface area contributed by atoms with Crippen LogP contribution in [0, 0.1) is 0 Å². The summed E-state index contributed by atoms with van der Waals surface area (Å²) in [4.78, 5) is 13.4. The van der Waals surface area contributed by atoms with E-state index in [9.17, 15) is 4.79 Å². The summed E-state index contributed by atoms with van der Waals surface area (Å²) in [5.74, 6) is 0.819. The van der Waals surface area contributed by atoms with Gasteiger partial charge in [-0.15, -0.1) is 0 Å². The lowest BCUT2D eigenvalue weighted by atomic mass is 10.1. The molecule has 26 heavy (non-hydrogen) atoms. The van der Waals surface area contributed by atoms with Crippen LogP contribution in [0.5, 0.6) is 5.75 Å². The Labute approximate surface area is 154 Å². The molecular formula is C20H27N3O3. The zero-order valence-electron chi connectivity index (χ0n) is 15.4. The van der Waals surface area contributed by atoms with E-state index >= 15 is 0 Å². The number of rotatable bonds is 10. The van der Waals surface area contributed by atoms with E-state index in [0.29, 0.717) is 19.8 Å². The van der Waals surface area contributed by atoms with E-state index in [1.54, 1.807) is 7.11 Å². The summed E-state index contributed by atoms with van der Waals surface area (Å²) in [6.45, 7) is 3.68. The van der Waals surface area contributed by atoms with Crippen LogP contribution in [0.2, 0.25) is 0 Å². The number of benzene rings is 2. The molecule has 6 nitrogen and oxygen atoms in total. The first-order valence-corrected chi connectivity index (χ1v) is 8.69. The van der Waals surface area contributed by atoms with Gasteiger partial charge in [-0.05, 0) is 43.2 Å².